The second-order valence-corrected chi connectivity index (χ2v) is 17.0. The summed E-state index contributed by atoms with van der Waals surface area (Å²) >= 11 is 0. The van der Waals surface area contributed by atoms with Crippen LogP contribution in [0.5, 0.6) is 0 Å². The van der Waals surface area contributed by atoms with Crippen molar-refractivity contribution in [2.24, 2.45) is 0 Å². The average molecular weight is 845 g/mol. The molecule has 0 unspecified atom stereocenters. The van der Waals surface area contributed by atoms with Crippen LogP contribution in [0.2, 0.25) is 0 Å². The quantitative estimate of drug-likeness (QED) is 0.175. The van der Waals surface area contributed by atoms with Crippen molar-refractivity contribution >= 4 is 109 Å². The maximum absolute atomic E-state index is 7.15. The topological polar surface area (TPSA) is 83.0 Å². The van der Waals surface area contributed by atoms with Crippen molar-refractivity contribution in [1.29, 1.82) is 0 Å². The van der Waals surface area contributed by atoms with Gasteiger partial charge in [-0.3, -0.25) is 0 Å². The highest BCUT2D eigenvalue weighted by Crippen LogP contribution is 2.48. The van der Waals surface area contributed by atoms with Gasteiger partial charge in [0.25, 0.3) is 0 Å². The fourth-order valence-electron chi connectivity index (χ4n) is 10.6. The molecule has 0 atom stereocenters. The van der Waals surface area contributed by atoms with E-state index in [1.165, 1.54) is 21.5 Å². The molecule has 15 aromatic rings. The lowest BCUT2D eigenvalue weighted by atomic mass is 9.95. The monoisotopic (exact) mass is 844 g/mol. The van der Waals surface area contributed by atoms with Gasteiger partial charge in [0.1, 0.15) is 27.9 Å². The van der Waals surface area contributed by atoms with Crippen LogP contribution >= 0.6 is 0 Å². The van der Waals surface area contributed by atoms with Gasteiger partial charge in [-0.25, -0.2) is 15.0 Å². The van der Waals surface area contributed by atoms with E-state index in [0.717, 1.165) is 98.8 Å². The fraction of sp³-hybridized carbons (Fsp3) is 0. The van der Waals surface area contributed by atoms with Gasteiger partial charge in [0.2, 0.25) is 0 Å². The van der Waals surface area contributed by atoms with E-state index < -0.39 is 0 Å². The smallest absolute Gasteiger partial charge is 0.167 e. The van der Waals surface area contributed by atoms with E-state index in [1.54, 1.807) is 0 Å². The van der Waals surface area contributed by atoms with Crippen molar-refractivity contribution in [1.82, 2.24) is 19.5 Å². The van der Waals surface area contributed by atoms with Gasteiger partial charge in [0.05, 0.1) is 27.8 Å². The molecule has 5 heterocycles. The summed E-state index contributed by atoms with van der Waals surface area (Å²) < 4.78 is 22.8. The predicted octanol–water partition coefficient (Wildman–Crippen LogP) is 16.0. The molecule has 7 nitrogen and oxygen atoms in total. The third-order valence-electron chi connectivity index (χ3n) is 13.4. The molecule has 0 bridgehead atoms. The van der Waals surface area contributed by atoms with Crippen LogP contribution in [-0.4, -0.2) is 19.5 Å². The molecule has 0 radical (unpaired) electrons. The minimum Gasteiger partial charge on any atom is -0.455 e. The van der Waals surface area contributed by atoms with E-state index in [1.807, 2.05) is 72.8 Å². The Morgan fingerprint density at radius 1 is 0.318 bits per heavy atom. The lowest BCUT2D eigenvalue weighted by Gasteiger charge is -2.17. The van der Waals surface area contributed by atoms with Crippen LogP contribution in [0.3, 0.4) is 0 Å². The molecule has 306 valence electrons. The zero-order valence-corrected chi connectivity index (χ0v) is 35.0. The Morgan fingerprint density at radius 2 is 0.788 bits per heavy atom. The molecule has 0 aliphatic carbocycles. The summed E-state index contributed by atoms with van der Waals surface area (Å²) in [5.41, 5.74) is 10.0. The molecule has 10 aromatic carbocycles. The average Bonchev–Trinajstić information content (AvgIpc) is 4.14. The van der Waals surface area contributed by atoms with Crippen LogP contribution in [0.1, 0.15) is 0 Å². The number of hydrogen-bond donors (Lipinski definition) is 0. The molecule has 0 spiro atoms. The van der Waals surface area contributed by atoms with Crippen molar-refractivity contribution in [2.75, 3.05) is 0 Å². The van der Waals surface area contributed by atoms with Gasteiger partial charge in [-0.05, 0) is 64.7 Å². The van der Waals surface area contributed by atoms with E-state index in [4.69, 9.17) is 28.2 Å². The number of nitrogens with zero attached hydrogens (tertiary/aromatic N) is 4. The summed E-state index contributed by atoms with van der Waals surface area (Å²) in [7, 11) is 0. The SMILES string of the molecule is c1ccc2cc3c(cc2c1)c1ccccc1n3-c1c2ccccc2c(-c2nc(-c3cccc4c3oc3ccccc34)nc(-c3cccc4c3oc3ccccc34)n2)c2c1oc1ccccc12. The maximum atomic E-state index is 7.15. The largest absolute Gasteiger partial charge is 0.455 e. The highest BCUT2D eigenvalue weighted by molar-refractivity contribution is 6.26. The van der Waals surface area contributed by atoms with E-state index in [2.05, 4.69) is 126 Å². The number of aromatic nitrogens is 4. The Bertz CT molecular complexity index is 4420. The van der Waals surface area contributed by atoms with Gasteiger partial charge < -0.3 is 17.8 Å². The summed E-state index contributed by atoms with van der Waals surface area (Å²) in [5.74, 6) is 1.47. The number of fused-ring (bicyclic) bond motifs is 14. The number of hydrogen-bond acceptors (Lipinski definition) is 6. The van der Waals surface area contributed by atoms with Crippen molar-refractivity contribution in [2.45, 2.75) is 0 Å². The number of rotatable bonds is 4. The van der Waals surface area contributed by atoms with Gasteiger partial charge in [0.15, 0.2) is 23.1 Å². The molecule has 0 aliphatic heterocycles. The van der Waals surface area contributed by atoms with E-state index in [0.29, 0.717) is 28.6 Å². The first-order valence-corrected chi connectivity index (χ1v) is 22.1. The molecule has 7 heteroatoms. The molecular formula is C59H32N4O3. The molecule has 0 fully saturated rings. The second-order valence-electron chi connectivity index (χ2n) is 17.0. The molecule has 0 amide bonds. The molecule has 0 aliphatic rings. The Labute approximate surface area is 374 Å². The van der Waals surface area contributed by atoms with Gasteiger partial charge in [-0.2, -0.15) is 0 Å². The van der Waals surface area contributed by atoms with Crippen LogP contribution < -0.4 is 0 Å². The van der Waals surface area contributed by atoms with Crippen molar-refractivity contribution in [3.8, 4) is 39.9 Å². The Balaban J connectivity index is 1.10. The van der Waals surface area contributed by atoms with Crippen LogP contribution in [0.15, 0.2) is 207 Å². The third-order valence-corrected chi connectivity index (χ3v) is 13.4. The summed E-state index contributed by atoms with van der Waals surface area (Å²) in [6.07, 6.45) is 0. The van der Waals surface area contributed by atoms with Crippen LogP contribution in [0.4, 0.5) is 0 Å². The minimum absolute atomic E-state index is 0.483. The van der Waals surface area contributed by atoms with Crippen molar-refractivity contribution < 1.29 is 13.3 Å². The minimum atomic E-state index is 0.483. The summed E-state index contributed by atoms with van der Waals surface area (Å²) in [4.78, 5) is 16.3. The Hall–Kier alpha value is -9.07. The van der Waals surface area contributed by atoms with E-state index in [9.17, 15) is 0 Å². The maximum Gasteiger partial charge on any atom is 0.167 e. The lowest BCUT2D eigenvalue weighted by molar-refractivity contribution is 0.667. The number of furan rings is 3. The zero-order chi connectivity index (χ0) is 43.0. The molecule has 5 aromatic heterocycles. The van der Waals surface area contributed by atoms with Gasteiger partial charge >= 0.3 is 0 Å². The van der Waals surface area contributed by atoms with Gasteiger partial charge in [0, 0.05) is 54.0 Å². The zero-order valence-electron chi connectivity index (χ0n) is 35.0. The Kier molecular flexibility index (Phi) is 7.10. The molecule has 66 heavy (non-hydrogen) atoms. The summed E-state index contributed by atoms with van der Waals surface area (Å²) in [6.45, 7) is 0. The van der Waals surface area contributed by atoms with E-state index >= 15 is 0 Å². The second kappa shape index (κ2) is 13.2. The third kappa shape index (κ3) is 4.88. The lowest BCUT2D eigenvalue weighted by Crippen LogP contribution is -2.03. The van der Waals surface area contributed by atoms with Crippen LogP contribution in [0, 0.1) is 0 Å². The van der Waals surface area contributed by atoms with Crippen LogP contribution in [0.25, 0.3) is 149 Å². The number of para-hydroxylation sites is 6. The fourth-order valence-corrected chi connectivity index (χ4v) is 10.6. The van der Waals surface area contributed by atoms with Crippen molar-refractivity contribution in [3.05, 3.63) is 194 Å². The first kappa shape index (κ1) is 35.4. The summed E-state index contributed by atoms with van der Waals surface area (Å²) in [5, 5.41) is 12.6. The highest BCUT2D eigenvalue weighted by atomic mass is 16.3. The van der Waals surface area contributed by atoms with Crippen molar-refractivity contribution in [3.63, 3.8) is 0 Å². The first-order valence-electron chi connectivity index (χ1n) is 22.1. The summed E-state index contributed by atoms with van der Waals surface area (Å²) in [6, 6.07) is 67.3. The molecule has 0 N–H and O–H groups in total. The van der Waals surface area contributed by atoms with Gasteiger partial charge in [-0.1, -0.05) is 146 Å². The first-order chi connectivity index (χ1) is 32.7. The standard InChI is InChI=1S/C59H32N4O3/c1-2-16-34-32-47-45(31-33(34)15-1)35-17-5-9-27-46(35)63(47)53-39-21-4-3-20-38(39)52(51-42-22-8-12-30-50(42)66-56(51)53)59-61-57(43-25-13-23-40-36-18-6-10-28-48(36)64-54(40)43)60-58(62-59)44-26-14-24-41-37-19-7-11-29-49(37)65-55(41)44/h1-32H. The molecular weight excluding hydrogens is 813 g/mol. The van der Waals surface area contributed by atoms with Crippen LogP contribution in [-0.2, 0) is 0 Å². The van der Waals surface area contributed by atoms with E-state index in [-0.39, 0.29) is 0 Å². The highest BCUT2D eigenvalue weighted by Gasteiger charge is 2.28. The normalized spacial score (nSPS) is 12.2. The Morgan fingerprint density at radius 3 is 1.44 bits per heavy atom. The van der Waals surface area contributed by atoms with Gasteiger partial charge in [-0.15, -0.1) is 0 Å². The number of benzene rings is 10. The molecule has 0 saturated carbocycles. The molecule has 0 saturated heterocycles. The molecule has 15 rings (SSSR count). The predicted molar refractivity (Wildman–Crippen MR) is 267 cm³/mol.